The first-order chi connectivity index (χ1) is 8.60. The number of halogens is 1. The number of nitrogens with two attached hydrogens (primary N) is 1. The predicted molar refractivity (Wildman–Crippen MR) is 83.4 cm³/mol. The predicted octanol–water partition coefficient (Wildman–Crippen LogP) is 3.79. The molecule has 2 N–H and O–H groups in total. The highest BCUT2D eigenvalue weighted by Crippen LogP contribution is 2.32. The van der Waals surface area contributed by atoms with Crippen molar-refractivity contribution in [2.75, 3.05) is 6.61 Å². The Labute approximate surface area is 123 Å². The van der Waals surface area contributed by atoms with Crippen LogP contribution < -0.4 is 10.5 Å². The molecule has 1 aliphatic rings. The van der Waals surface area contributed by atoms with Crippen LogP contribution in [0, 0.1) is 19.8 Å². The molecule has 0 heterocycles. The van der Waals surface area contributed by atoms with Crippen molar-refractivity contribution in [2.24, 2.45) is 11.7 Å². The van der Waals surface area contributed by atoms with Crippen molar-refractivity contribution in [2.45, 2.75) is 52.5 Å². The quantitative estimate of drug-likeness (QED) is 0.862. The zero-order chi connectivity index (χ0) is 13.1. The summed E-state index contributed by atoms with van der Waals surface area (Å²) >= 11 is 0. The molecule has 108 valence electrons. The minimum atomic E-state index is 0. The highest BCUT2D eigenvalue weighted by Gasteiger charge is 2.23. The van der Waals surface area contributed by atoms with Crippen molar-refractivity contribution >= 4 is 12.4 Å². The topological polar surface area (TPSA) is 35.2 Å². The molecular weight excluding hydrogens is 258 g/mol. The van der Waals surface area contributed by atoms with Crippen LogP contribution in [0.2, 0.25) is 0 Å². The fourth-order valence-electron chi connectivity index (χ4n) is 2.31. The molecule has 1 atom stereocenters. The molecule has 0 bridgehead atoms. The molecule has 0 aliphatic heterocycles. The summed E-state index contributed by atoms with van der Waals surface area (Å²) in [6, 6.07) is 4.66. The van der Waals surface area contributed by atoms with Crippen LogP contribution in [0.4, 0.5) is 0 Å². The van der Waals surface area contributed by atoms with Gasteiger partial charge in [-0.15, -0.1) is 12.4 Å². The number of benzene rings is 1. The minimum Gasteiger partial charge on any atom is -0.493 e. The Morgan fingerprint density at radius 1 is 1.32 bits per heavy atom. The van der Waals surface area contributed by atoms with Gasteiger partial charge in [0.05, 0.1) is 6.61 Å². The van der Waals surface area contributed by atoms with Gasteiger partial charge in [0.25, 0.3) is 0 Å². The van der Waals surface area contributed by atoms with Crippen LogP contribution in [0.25, 0.3) is 0 Å². The lowest BCUT2D eigenvalue weighted by atomic mass is 9.99. The van der Waals surface area contributed by atoms with Crippen LogP contribution in [-0.4, -0.2) is 12.6 Å². The van der Waals surface area contributed by atoms with E-state index >= 15 is 0 Å². The minimum absolute atomic E-state index is 0. The molecular formula is C16H26ClNO. The van der Waals surface area contributed by atoms with E-state index in [4.69, 9.17) is 10.5 Å². The number of aryl methyl sites for hydroxylation is 2. The van der Waals surface area contributed by atoms with E-state index in [1.165, 1.54) is 29.5 Å². The summed E-state index contributed by atoms with van der Waals surface area (Å²) in [5, 5.41) is 0. The first-order valence-electron chi connectivity index (χ1n) is 7.08. The highest BCUT2D eigenvalue weighted by atomic mass is 35.5. The molecule has 1 aliphatic carbocycles. The lowest BCUT2D eigenvalue weighted by Crippen LogP contribution is -2.22. The van der Waals surface area contributed by atoms with Gasteiger partial charge in [-0.1, -0.05) is 24.6 Å². The van der Waals surface area contributed by atoms with Crippen molar-refractivity contribution in [3.63, 3.8) is 0 Å². The van der Waals surface area contributed by atoms with E-state index in [0.29, 0.717) is 0 Å². The lowest BCUT2D eigenvalue weighted by molar-refractivity contribution is 0.294. The Morgan fingerprint density at radius 3 is 2.58 bits per heavy atom. The zero-order valence-corrected chi connectivity index (χ0v) is 13.1. The number of hydrogen-bond acceptors (Lipinski definition) is 2. The van der Waals surface area contributed by atoms with E-state index in [9.17, 15) is 0 Å². The van der Waals surface area contributed by atoms with Crippen molar-refractivity contribution in [1.82, 2.24) is 0 Å². The Hall–Kier alpha value is -0.730. The second kappa shape index (κ2) is 7.16. The average Bonchev–Trinajstić information content (AvgIpc) is 3.11. The maximum atomic E-state index is 6.09. The van der Waals surface area contributed by atoms with Gasteiger partial charge in [0, 0.05) is 6.04 Å². The Bertz CT molecular complexity index is 415. The van der Waals surface area contributed by atoms with Gasteiger partial charge >= 0.3 is 0 Å². The Morgan fingerprint density at radius 2 is 2.00 bits per heavy atom. The molecule has 2 nitrogen and oxygen atoms in total. The molecule has 0 aromatic heterocycles. The zero-order valence-electron chi connectivity index (χ0n) is 12.2. The molecule has 2 rings (SSSR count). The van der Waals surface area contributed by atoms with Crippen LogP contribution in [-0.2, 0) is 6.42 Å². The number of ether oxygens (including phenoxy) is 1. The lowest BCUT2D eigenvalue weighted by Gasteiger charge is -2.17. The average molecular weight is 284 g/mol. The molecule has 1 fully saturated rings. The summed E-state index contributed by atoms with van der Waals surface area (Å²) in [7, 11) is 0. The van der Waals surface area contributed by atoms with E-state index in [-0.39, 0.29) is 18.4 Å². The standard InChI is InChI=1S/C16H25NO.ClH/c1-4-15(17)9-14-8-11(2)7-12(3)16(14)18-10-13-5-6-13;/h7-8,13,15H,4-6,9-10,17H2,1-3H3;1H. The van der Waals surface area contributed by atoms with E-state index in [0.717, 1.165) is 31.1 Å². The fourth-order valence-corrected chi connectivity index (χ4v) is 2.31. The molecule has 1 aromatic rings. The SMILES string of the molecule is CCC(N)Cc1cc(C)cc(C)c1OCC1CC1.Cl. The highest BCUT2D eigenvalue weighted by molar-refractivity contribution is 5.85. The molecule has 1 saturated carbocycles. The molecule has 0 amide bonds. The fraction of sp³-hybridized carbons (Fsp3) is 0.625. The summed E-state index contributed by atoms with van der Waals surface area (Å²) in [4.78, 5) is 0. The Balaban J connectivity index is 0.00000180. The van der Waals surface area contributed by atoms with E-state index < -0.39 is 0 Å². The number of rotatable bonds is 6. The second-order valence-electron chi connectivity index (χ2n) is 5.70. The monoisotopic (exact) mass is 283 g/mol. The van der Waals surface area contributed by atoms with Crippen LogP contribution in [0.5, 0.6) is 5.75 Å². The van der Waals surface area contributed by atoms with Crippen LogP contribution in [0.1, 0.15) is 42.9 Å². The first-order valence-corrected chi connectivity index (χ1v) is 7.08. The van der Waals surface area contributed by atoms with E-state index in [2.05, 4.69) is 32.9 Å². The van der Waals surface area contributed by atoms with Gasteiger partial charge in [0.15, 0.2) is 0 Å². The van der Waals surface area contributed by atoms with Gasteiger partial charge in [-0.3, -0.25) is 0 Å². The third-order valence-corrected chi connectivity index (χ3v) is 3.66. The molecule has 1 aromatic carbocycles. The molecule has 0 saturated heterocycles. The van der Waals surface area contributed by atoms with Crippen molar-refractivity contribution in [3.05, 3.63) is 28.8 Å². The molecule has 3 heteroatoms. The first kappa shape index (κ1) is 16.3. The largest absolute Gasteiger partial charge is 0.493 e. The normalized spacial score (nSPS) is 15.8. The van der Waals surface area contributed by atoms with E-state index in [1.807, 2.05) is 0 Å². The van der Waals surface area contributed by atoms with E-state index in [1.54, 1.807) is 0 Å². The molecule has 0 spiro atoms. The number of hydrogen-bond donors (Lipinski definition) is 1. The smallest absolute Gasteiger partial charge is 0.125 e. The molecule has 1 unspecified atom stereocenters. The molecule has 0 radical (unpaired) electrons. The van der Waals surface area contributed by atoms with Gasteiger partial charge in [0.2, 0.25) is 0 Å². The van der Waals surface area contributed by atoms with Gasteiger partial charge in [-0.05, 0) is 56.6 Å². The van der Waals surface area contributed by atoms with Crippen LogP contribution in [0.15, 0.2) is 12.1 Å². The maximum absolute atomic E-state index is 6.09. The summed E-state index contributed by atoms with van der Waals surface area (Å²) in [6.07, 6.45) is 4.58. The van der Waals surface area contributed by atoms with Crippen LogP contribution in [0.3, 0.4) is 0 Å². The van der Waals surface area contributed by atoms with Crippen molar-refractivity contribution in [3.8, 4) is 5.75 Å². The summed E-state index contributed by atoms with van der Waals surface area (Å²) in [5.41, 5.74) is 9.91. The van der Waals surface area contributed by atoms with Crippen molar-refractivity contribution in [1.29, 1.82) is 0 Å². The van der Waals surface area contributed by atoms with Crippen molar-refractivity contribution < 1.29 is 4.74 Å². The maximum Gasteiger partial charge on any atom is 0.125 e. The third kappa shape index (κ3) is 4.70. The second-order valence-corrected chi connectivity index (χ2v) is 5.70. The van der Waals surface area contributed by atoms with Gasteiger partial charge in [-0.25, -0.2) is 0 Å². The van der Waals surface area contributed by atoms with Gasteiger partial charge in [-0.2, -0.15) is 0 Å². The summed E-state index contributed by atoms with van der Waals surface area (Å²) < 4.78 is 6.04. The Kier molecular flexibility index (Phi) is 6.15. The van der Waals surface area contributed by atoms with Gasteiger partial charge in [0.1, 0.15) is 5.75 Å². The third-order valence-electron chi connectivity index (χ3n) is 3.66. The van der Waals surface area contributed by atoms with Gasteiger partial charge < -0.3 is 10.5 Å². The molecule has 19 heavy (non-hydrogen) atoms. The summed E-state index contributed by atoms with van der Waals surface area (Å²) in [6.45, 7) is 7.28. The summed E-state index contributed by atoms with van der Waals surface area (Å²) in [5.74, 6) is 1.87. The van der Waals surface area contributed by atoms with Crippen LogP contribution >= 0.6 is 12.4 Å².